The van der Waals surface area contributed by atoms with Crippen LogP contribution in [0.1, 0.15) is 11.1 Å². The number of carboxylic acids is 1. The maximum absolute atomic E-state index is 12.9. The Morgan fingerprint density at radius 3 is 2.28 bits per heavy atom. The minimum atomic E-state index is -0.961. The number of piperazine rings is 1. The normalized spacial score (nSPS) is 18.8. The fourth-order valence-corrected chi connectivity index (χ4v) is 3.24. The molecule has 1 aliphatic rings. The number of nitrogens with zero attached hydrogens (tertiary/aromatic N) is 1. The third-order valence-electron chi connectivity index (χ3n) is 4.54. The molecule has 5 heteroatoms. The molecule has 2 unspecified atom stereocenters. The van der Waals surface area contributed by atoms with E-state index in [0.717, 1.165) is 11.1 Å². The van der Waals surface area contributed by atoms with Gasteiger partial charge in [-0.2, -0.15) is 0 Å². The molecule has 2 aromatic rings. The van der Waals surface area contributed by atoms with Crippen LogP contribution in [-0.4, -0.2) is 47.1 Å². The number of benzene rings is 2. The van der Waals surface area contributed by atoms with Crippen LogP contribution in [-0.2, 0) is 22.4 Å². The molecule has 0 radical (unpaired) electrons. The van der Waals surface area contributed by atoms with E-state index in [1.807, 2.05) is 60.7 Å². The molecule has 1 aliphatic heterocycles. The summed E-state index contributed by atoms with van der Waals surface area (Å²) in [6.45, 7) is 1.01. The minimum absolute atomic E-state index is 0.140. The van der Waals surface area contributed by atoms with E-state index in [0.29, 0.717) is 25.9 Å². The first-order chi connectivity index (χ1) is 12.1. The van der Waals surface area contributed by atoms with Crippen LogP contribution >= 0.6 is 0 Å². The van der Waals surface area contributed by atoms with Gasteiger partial charge < -0.3 is 15.3 Å². The largest absolute Gasteiger partial charge is 0.480 e. The van der Waals surface area contributed by atoms with Gasteiger partial charge >= 0.3 is 5.97 Å². The van der Waals surface area contributed by atoms with E-state index in [4.69, 9.17) is 0 Å². The van der Waals surface area contributed by atoms with Gasteiger partial charge in [0.25, 0.3) is 0 Å². The summed E-state index contributed by atoms with van der Waals surface area (Å²) in [4.78, 5) is 26.2. The fraction of sp³-hybridized carbons (Fsp3) is 0.300. The van der Waals surface area contributed by atoms with Gasteiger partial charge in [0.1, 0.15) is 6.04 Å². The molecule has 0 bridgehead atoms. The van der Waals surface area contributed by atoms with Crippen molar-refractivity contribution >= 4 is 11.9 Å². The number of carbonyl (C=O) groups is 2. The lowest BCUT2D eigenvalue weighted by atomic mass is 9.99. The lowest BCUT2D eigenvalue weighted by Gasteiger charge is -2.37. The van der Waals surface area contributed by atoms with Crippen LogP contribution in [0, 0.1) is 0 Å². The highest BCUT2D eigenvalue weighted by molar-refractivity contribution is 5.88. The summed E-state index contributed by atoms with van der Waals surface area (Å²) in [5.41, 5.74) is 1.98. The number of hydrogen-bond donors (Lipinski definition) is 2. The molecule has 5 nitrogen and oxygen atoms in total. The monoisotopic (exact) mass is 338 g/mol. The van der Waals surface area contributed by atoms with Crippen LogP contribution in [0.5, 0.6) is 0 Å². The molecule has 1 heterocycles. The van der Waals surface area contributed by atoms with Crippen molar-refractivity contribution in [3.63, 3.8) is 0 Å². The number of carbonyl (C=O) groups excluding carboxylic acids is 1. The van der Waals surface area contributed by atoms with Crippen molar-refractivity contribution in [2.75, 3.05) is 13.1 Å². The molecule has 130 valence electrons. The van der Waals surface area contributed by atoms with Gasteiger partial charge in [0.2, 0.25) is 5.91 Å². The molecule has 25 heavy (non-hydrogen) atoms. The third kappa shape index (κ3) is 4.25. The Bertz CT molecular complexity index is 718. The van der Waals surface area contributed by atoms with Crippen molar-refractivity contribution in [1.29, 1.82) is 0 Å². The Morgan fingerprint density at radius 1 is 1.08 bits per heavy atom. The predicted molar refractivity (Wildman–Crippen MR) is 95.2 cm³/mol. The summed E-state index contributed by atoms with van der Waals surface area (Å²) in [6.07, 6.45) is 0.883. The quantitative estimate of drug-likeness (QED) is 0.841. The molecular formula is C20H22N2O3. The molecule has 1 saturated heterocycles. The van der Waals surface area contributed by atoms with Crippen molar-refractivity contribution in [3.8, 4) is 0 Å². The van der Waals surface area contributed by atoms with Crippen LogP contribution < -0.4 is 5.32 Å². The Kier molecular flexibility index (Phi) is 5.46. The molecule has 3 rings (SSSR count). The van der Waals surface area contributed by atoms with E-state index in [-0.39, 0.29) is 11.9 Å². The van der Waals surface area contributed by atoms with E-state index in [1.54, 1.807) is 0 Å². The van der Waals surface area contributed by atoms with Gasteiger partial charge in [0, 0.05) is 19.5 Å². The smallest absolute Gasteiger partial charge is 0.326 e. The molecule has 0 saturated carbocycles. The van der Waals surface area contributed by atoms with Crippen LogP contribution in [0.15, 0.2) is 60.7 Å². The summed E-state index contributed by atoms with van der Waals surface area (Å²) in [6, 6.07) is 18.0. The molecule has 2 N–H and O–H groups in total. The summed E-state index contributed by atoms with van der Waals surface area (Å²) in [5.74, 6) is -1.10. The standard InChI is InChI=1S/C20H22N2O3/c23-19-17(13-15-7-3-1-4-8-15)21-11-12-22(19)18(20(24)25)14-16-9-5-2-6-10-16/h1-10,17-18,21H,11-14H2,(H,24,25). The summed E-state index contributed by atoms with van der Waals surface area (Å²) in [5, 5.41) is 12.9. The SMILES string of the molecule is O=C(O)C(Cc1ccccc1)N1CCNC(Cc2ccccc2)C1=O. The molecule has 0 aromatic heterocycles. The second kappa shape index (κ2) is 7.94. The lowest BCUT2D eigenvalue weighted by Crippen LogP contribution is -2.60. The second-order valence-corrected chi connectivity index (χ2v) is 6.27. The van der Waals surface area contributed by atoms with E-state index >= 15 is 0 Å². The zero-order chi connectivity index (χ0) is 17.6. The highest BCUT2D eigenvalue weighted by atomic mass is 16.4. The summed E-state index contributed by atoms with van der Waals surface area (Å²) < 4.78 is 0. The van der Waals surface area contributed by atoms with Gasteiger partial charge in [0.15, 0.2) is 0 Å². The topological polar surface area (TPSA) is 69.6 Å². The Hall–Kier alpha value is -2.66. The molecule has 1 amide bonds. The number of nitrogens with one attached hydrogen (secondary N) is 1. The van der Waals surface area contributed by atoms with Crippen LogP contribution in [0.4, 0.5) is 0 Å². The van der Waals surface area contributed by atoms with Gasteiger partial charge in [-0.1, -0.05) is 60.7 Å². The van der Waals surface area contributed by atoms with Crippen molar-refractivity contribution in [1.82, 2.24) is 10.2 Å². The predicted octanol–water partition coefficient (Wildman–Crippen LogP) is 1.73. The minimum Gasteiger partial charge on any atom is -0.480 e. The zero-order valence-electron chi connectivity index (χ0n) is 14.0. The molecule has 0 aliphatic carbocycles. The zero-order valence-corrected chi connectivity index (χ0v) is 14.0. The molecule has 1 fully saturated rings. The lowest BCUT2D eigenvalue weighted by molar-refractivity contribution is -0.152. The molecule has 2 atom stereocenters. The van der Waals surface area contributed by atoms with E-state index in [9.17, 15) is 14.7 Å². The molecule has 2 aromatic carbocycles. The molecular weight excluding hydrogens is 316 g/mol. The Morgan fingerprint density at radius 2 is 1.68 bits per heavy atom. The van der Waals surface area contributed by atoms with Crippen LogP contribution in [0.25, 0.3) is 0 Å². The molecule has 0 spiro atoms. The number of aliphatic carboxylic acids is 1. The maximum atomic E-state index is 12.9. The summed E-state index contributed by atoms with van der Waals surface area (Å²) in [7, 11) is 0. The summed E-state index contributed by atoms with van der Waals surface area (Å²) >= 11 is 0. The highest BCUT2D eigenvalue weighted by Crippen LogP contribution is 2.15. The Labute approximate surface area is 147 Å². The van der Waals surface area contributed by atoms with Gasteiger partial charge in [-0.3, -0.25) is 4.79 Å². The van der Waals surface area contributed by atoms with Gasteiger partial charge in [-0.15, -0.1) is 0 Å². The van der Waals surface area contributed by atoms with Gasteiger partial charge in [-0.05, 0) is 17.5 Å². The van der Waals surface area contributed by atoms with E-state index in [2.05, 4.69) is 5.32 Å². The Balaban J connectivity index is 1.74. The van der Waals surface area contributed by atoms with Crippen molar-refractivity contribution in [3.05, 3.63) is 71.8 Å². The van der Waals surface area contributed by atoms with Crippen molar-refractivity contribution < 1.29 is 14.7 Å². The first-order valence-corrected chi connectivity index (χ1v) is 8.49. The van der Waals surface area contributed by atoms with Crippen molar-refractivity contribution in [2.45, 2.75) is 24.9 Å². The van der Waals surface area contributed by atoms with E-state index in [1.165, 1.54) is 4.90 Å². The highest BCUT2D eigenvalue weighted by Gasteiger charge is 2.36. The van der Waals surface area contributed by atoms with Crippen LogP contribution in [0.2, 0.25) is 0 Å². The first-order valence-electron chi connectivity index (χ1n) is 8.49. The second-order valence-electron chi connectivity index (χ2n) is 6.27. The van der Waals surface area contributed by atoms with E-state index < -0.39 is 12.0 Å². The average molecular weight is 338 g/mol. The first kappa shape index (κ1) is 17.2. The third-order valence-corrected chi connectivity index (χ3v) is 4.54. The number of rotatable bonds is 6. The van der Waals surface area contributed by atoms with Crippen LogP contribution in [0.3, 0.4) is 0 Å². The fourth-order valence-electron chi connectivity index (χ4n) is 3.24. The maximum Gasteiger partial charge on any atom is 0.326 e. The van der Waals surface area contributed by atoms with Gasteiger partial charge in [0.05, 0.1) is 6.04 Å². The number of amides is 1. The average Bonchev–Trinajstić information content (AvgIpc) is 2.63. The number of hydrogen-bond acceptors (Lipinski definition) is 3. The van der Waals surface area contributed by atoms with Crippen molar-refractivity contribution in [2.24, 2.45) is 0 Å². The number of carboxylic acid groups (broad SMARTS) is 1. The van der Waals surface area contributed by atoms with Gasteiger partial charge in [-0.25, -0.2) is 4.79 Å².